The van der Waals surface area contributed by atoms with Gasteiger partial charge < -0.3 is 14.5 Å². The quantitative estimate of drug-likeness (QED) is 0.653. The standard InChI is InChI=1S/C22H21Cl2N3O4/c1-13(27-21(29)16-11-18(23)19(24)12-17(16)22(27)30)20(28)26-9-7-25(8-10-26)14-3-5-15(31-2)6-4-14/h3-6,11-13H,7-10H2,1-2H3. The van der Waals surface area contributed by atoms with Crippen LogP contribution in [0.4, 0.5) is 5.69 Å². The predicted octanol–water partition coefficient (Wildman–Crippen LogP) is 3.34. The Morgan fingerprint density at radius 1 is 0.935 bits per heavy atom. The van der Waals surface area contributed by atoms with Crippen molar-refractivity contribution in [2.45, 2.75) is 13.0 Å². The van der Waals surface area contributed by atoms with E-state index in [1.165, 1.54) is 12.1 Å². The van der Waals surface area contributed by atoms with Gasteiger partial charge in [0.1, 0.15) is 11.8 Å². The zero-order valence-corrected chi connectivity index (χ0v) is 18.6. The van der Waals surface area contributed by atoms with Crippen LogP contribution in [-0.4, -0.2) is 66.9 Å². The zero-order chi connectivity index (χ0) is 22.3. The summed E-state index contributed by atoms with van der Waals surface area (Å²) in [7, 11) is 1.62. The molecule has 7 nitrogen and oxygen atoms in total. The van der Waals surface area contributed by atoms with E-state index in [1.54, 1.807) is 18.9 Å². The Labute approximate surface area is 190 Å². The smallest absolute Gasteiger partial charge is 0.262 e. The van der Waals surface area contributed by atoms with E-state index >= 15 is 0 Å². The molecule has 1 atom stereocenters. The highest BCUT2D eigenvalue weighted by molar-refractivity contribution is 6.43. The molecule has 0 saturated carbocycles. The van der Waals surface area contributed by atoms with Crippen molar-refractivity contribution < 1.29 is 19.1 Å². The molecule has 4 rings (SSSR count). The molecule has 1 saturated heterocycles. The van der Waals surface area contributed by atoms with Gasteiger partial charge in [-0.05, 0) is 43.3 Å². The van der Waals surface area contributed by atoms with Gasteiger partial charge in [0, 0.05) is 31.9 Å². The molecule has 0 aromatic heterocycles. The maximum atomic E-state index is 13.1. The van der Waals surface area contributed by atoms with Gasteiger partial charge in [-0.15, -0.1) is 0 Å². The summed E-state index contributed by atoms with van der Waals surface area (Å²) in [5.41, 5.74) is 1.39. The molecule has 0 radical (unpaired) electrons. The molecule has 1 unspecified atom stereocenters. The Morgan fingerprint density at radius 2 is 1.45 bits per heavy atom. The van der Waals surface area contributed by atoms with Crippen LogP contribution in [0.2, 0.25) is 10.0 Å². The molecule has 3 amide bonds. The number of rotatable bonds is 4. The molecule has 2 aromatic rings. The molecule has 0 aliphatic carbocycles. The van der Waals surface area contributed by atoms with Crippen molar-refractivity contribution >= 4 is 46.6 Å². The minimum Gasteiger partial charge on any atom is -0.497 e. The maximum absolute atomic E-state index is 13.1. The topological polar surface area (TPSA) is 70.2 Å². The summed E-state index contributed by atoms with van der Waals surface area (Å²) < 4.78 is 5.19. The zero-order valence-electron chi connectivity index (χ0n) is 17.1. The van der Waals surface area contributed by atoms with Gasteiger partial charge >= 0.3 is 0 Å². The molecule has 1 fully saturated rings. The summed E-state index contributed by atoms with van der Waals surface area (Å²) in [4.78, 5) is 43.6. The number of nitrogens with zero attached hydrogens (tertiary/aromatic N) is 3. The largest absolute Gasteiger partial charge is 0.497 e. The first-order valence-electron chi connectivity index (χ1n) is 9.86. The molecule has 0 N–H and O–H groups in total. The van der Waals surface area contributed by atoms with E-state index in [0.29, 0.717) is 26.2 Å². The second-order valence-corrected chi connectivity index (χ2v) is 8.29. The van der Waals surface area contributed by atoms with Crippen molar-refractivity contribution in [2.75, 3.05) is 38.2 Å². The van der Waals surface area contributed by atoms with Crippen LogP contribution in [0.1, 0.15) is 27.6 Å². The lowest BCUT2D eigenvalue weighted by molar-refractivity contribution is -0.135. The van der Waals surface area contributed by atoms with Crippen molar-refractivity contribution in [3.8, 4) is 5.75 Å². The Bertz CT molecular complexity index is 1010. The lowest BCUT2D eigenvalue weighted by Crippen LogP contribution is -2.55. The summed E-state index contributed by atoms with van der Waals surface area (Å²) in [6.45, 7) is 3.87. The number of halogens is 2. The molecule has 9 heteroatoms. The van der Waals surface area contributed by atoms with Crippen LogP contribution < -0.4 is 9.64 Å². The third-order valence-electron chi connectivity index (χ3n) is 5.73. The third-order valence-corrected chi connectivity index (χ3v) is 6.45. The molecule has 162 valence electrons. The van der Waals surface area contributed by atoms with Crippen molar-refractivity contribution in [1.29, 1.82) is 0 Å². The van der Waals surface area contributed by atoms with Crippen molar-refractivity contribution in [1.82, 2.24) is 9.80 Å². The molecular formula is C22H21Cl2N3O4. The first-order valence-corrected chi connectivity index (χ1v) is 10.6. The average Bonchev–Trinajstić information content (AvgIpc) is 3.02. The van der Waals surface area contributed by atoms with Crippen molar-refractivity contribution in [3.63, 3.8) is 0 Å². The summed E-state index contributed by atoms with van der Waals surface area (Å²) >= 11 is 12.0. The monoisotopic (exact) mass is 461 g/mol. The number of anilines is 1. The van der Waals surface area contributed by atoms with Gasteiger partial charge in [0.15, 0.2) is 0 Å². The van der Waals surface area contributed by atoms with Gasteiger partial charge in [0.2, 0.25) is 5.91 Å². The number of carbonyl (C=O) groups excluding carboxylic acids is 3. The third kappa shape index (κ3) is 3.83. The van der Waals surface area contributed by atoms with Gasteiger partial charge in [-0.1, -0.05) is 23.2 Å². The lowest BCUT2D eigenvalue weighted by atomic mass is 10.1. The van der Waals surface area contributed by atoms with E-state index in [9.17, 15) is 14.4 Å². The van der Waals surface area contributed by atoms with E-state index < -0.39 is 17.9 Å². The molecule has 2 heterocycles. The number of fused-ring (bicyclic) bond motifs is 1. The minimum absolute atomic E-state index is 0.170. The van der Waals surface area contributed by atoms with Gasteiger partial charge in [0.05, 0.1) is 28.3 Å². The number of carbonyl (C=O) groups is 3. The number of amides is 3. The van der Waals surface area contributed by atoms with Crippen LogP contribution in [0, 0.1) is 0 Å². The van der Waals surface area contributed by atoms with Crippen LogP contribution >= 0.6 is 23.2 Å². The first kappa shape index (κ1) is 21.5. The lowest BCUT2D eigenvalue weighted by Gasteiger charge is -2.38. The SMILES string of the molecule is COc1ccc(N2CCN(C(=O)C(C)N3C(=O)c4cc(Cl)c(Cl)cc4C3=O)CC2)cc1. The number of piperazine rings is 1. The van der Waals surface area contributed by atoms with Crippen molar-refractivity contribution in [2.24, 2.45) is 0 Å². The van der Waals surface area contributed by atoms with E-state index in [4.69, 9.17) is 27.9 Å². The first-order chi connectivity index (χ1) is 14.8. The van der Waals surface area contributed by atoms with Crippen LogP contribution in [0.5, 0.6) is 5.75 Å². The van der Waals surface area contributed by atoms with Crippen LogP contribution in [-0.2, 0) is 4.79 Å². The molecule has 31 heavy (non-hydrogen) atoms. The predicted molar refractivity (Wildman–Crippen MR) is 118 cm³/mol. The molecule has 0 spiro atoms. The van der Waals surface area contributed by atoms with Gasteiger partial charge in [-0.25, -0.2) is 0 Å². The van der Waals surface area contributed by atoms with E-state index in [-0.39, 0.29) is 27.1 Å². The summed E-state index contributed by atoms with van der Waals surface area (Å²) in [6, 6.07) is 9.60. The summed E-state index contributed by atoms with van der Waals surface area (Å²) in [5, 5.41) is 0.383. The van der Waals surface area contributed by atoms with Crippen LogP contribution in [0.25, 0.3) is 0 Å². The number of ether oxygens (including phenoxy) is 1. The number of imide groups is 1. The van der Waals surface area contributed by atoms with E-state index in [2.05, 4.69) is 4.90 Å². The molecule has 2 aromatic carbocycles. The normalized spacial score (nSPS) is 17.1. The highest BCUT2D eigenvalue weighted by Crippen LogP contribution is 2.32. The summed E-state index contributed by atoms with van der Waals surface area (Å²) in [6.07, 6.45) is 0. The Kier molecular flexibility index (Phi) is 5.81. The van der Waals surface area contributed by atoms with Crippen LogP contribution in [0.3, 0.4) is 0 Å². The fraction of sp³-hybridized carbons (Fsp3) is 0.318. The second kappa shape index (κ2) is 8.40. The van der Waals surface area contributed by atoms with Gasteiger partial charge in [-0.3, -0.25) is 19.3 Å². The Balaban J connectivity index is 1.43. The van der Waals surface area contributed by atoms with Gasteiger partial charge in [0.25, 0.3) is 11.8 Å². The highest BCUT2D eigenvalue weighted by atomic mass is 35.5. The molecule has 2 aliphatic rings. The number of methoxy groups -OCH3 is 1. The Hall–Kier alpha value is -2.77. The molecule has 0 bridgehead atoms. The fourth-order valence-corrected chi connectivity index (χ4v) is 4.28. The van der Waals surface area contributed by atoms with Crippen molar-refractivity contribution in [3.05, 3.63) is 57.6 Å². The molecular weight excluding hydrogens is 441 g/mol. The highest BCUT2D eigenvalue weighted by Gasteiger charge is 2.42. The fourth-order valence-electron chi connectivity index (χ4n) is 3.96. The summed E-state index contributed by atoms with van der Waals surface area (Å²) in [5.74, 6) is -0.538. The van der Waals surface area contributed by atoms with Gasteiger partial charge in [-0.2, -0.15) is 0 Å². The molecule has 2 aliphatic heterocycles. The second-order valence-electron chi connectivity index (χ2n) is 7.48. The number of hydrogen-bond donors (Lipinski definition) is 0. The van der Waals surface area contributed by atoms with Crippen LogP contribution in [0.15, 0.2) is 36.4 Å². The average molecular weight is 462 g/mol. The van der Waals surface area contributed by atoms with E-state index in [0.717, 1.165) is 16.3 Å². The maximum Gasteiger partial charge on any atom is 0.262 e. The number of hydrogen-bond acceptors (Lipinski definition) is 5. The minimum atomic E-state index is -0.919. The number of benzene rings is 2. The van der Waals surface area contributed by atoms with E-state index in [1.807, 2.05) is 24.3 Å². The Morgan fingerprint density at radius 3 is 1.94 bits per heavy atom.